The molecule has 0 saturated carbocycles. The van der Waals surface area contributed by atoms with Crippen LogP contribution in [0.1, 0.15) is 0 Å². The van der Waals surface area contributed by atoms with E-state index in [9.17, 15) is 0 Å². The molecule has 0 spiro atoms. The highest BCUT2D eigenvalue weighted by atomic mass is 32.2. The summed E-state index contributed by atoms with van der Waals surface area (Å²) in [5, 5.41) is 7.61. The van der Waals surface area contributed by atoms with E-state index in [1.807, 2.05) is 0 Å². The molecule has 3 heteroatoms. The van der Waals surface area contributed by atoms with Crippen LogP contribution in [0.15, 0.2) is 12.7 Å². The van der Waals surface area contributed by atoms with Gasteiger partial charge in [0, 0.05) is 17.8 Å². The first kappa shape index (κ1) is 6.01. The Hall–Kier alpha value is 0.01000. The minimum absolute atomic E-state index is 0.622. The largest absolute Gasteiger partial charge is 0.239 e. The van der Waals surface area contributed by atoms with Crippen LogP contribution in [0, 0.1) is 0 Å². The molecule has 0 atom stereocenters. The van der Waals surface area contributed by atoms with Gasteiger partial charge < -0.3 is 0 Å². The van der Waals surface area contributed by atoms with Crippen LogP contribution in [0.25, 0.3) is 0 Å². The van der Waals surface area contributed by atoms with Gasteiger partial charge in [-0.1, -0.05) is 6.08 Å². The highest BCUT2D eigenvalue weighted by Gasteiger charge is 1.73. The maximum Gasteiger partial charge on any atom is 0.0407 e. The van der Waals surface area contributed by atoms with Crippen molar-refractivity contribution in [2.75, 3.05) is 5.75 Å². The van der Waals surface area contributed by atoms with Gasteiger partial charge in [-0.05, 0) is 0 Å². The van der Waals surface area contributed by atoms with Gasteiger partial charge >= 0.3 is 0 Å². The topological polar surface area (TPSA) is 29.5 Å². The Labute approximate surface area is 40.9 Å². The van der Waals surface area contributed by atoms with Crippen LogP contribution in [-0.2, 0) is 4.33 Å². The molecule has 0 aliphatic rings. The fourth-order valence-corrected chi connectivity index (χ4v) is 0.236. The molecule has 36 valence electrons. The average Bonchev–Trinajstić information content (AvgIpc) is 1.61. The molecule has 2 nitrogen and oxygen atoms in total. The van der Waals surface area contributed by atoms with Crippen LogP contribution >= 0.6 is 12.0 Å². The summed E-state index contributed by atoms with van der Waals surface area (Å²) >= 11 is 0.946. The predicted octanol–water partition coefficient (Wildman–Crippen LogP) is 1.31. The second-order valence-electron chi connectivity index (χ2n) is 0.648. The second-order valence-corrected chi connectivity index (χ2v) is 1.37. The van der Waals surface area contributed by atoms with Crippen molar-refractivity contribution in [1.29, 1.82) is 0 Å². The van der Waals surface area contributed by atoms with E-state index in [2.05, 4.69) is 10.9 Å². The van der Waals surface area contributed by atoms with E-state index in [-0.39, 0.29) is 0 Å². The fraction of sp³-hybridized carbons (Fsp3) is 0.333. The zero-order chi connectivity index (χ0) is 4.83. The first-order valence-corrected chi connectivity index (χ1v) is 2.37. The average molecular weight is 106 g/mol. The molecule has 0 rings (SSSR count). The summed E-state index contributed by atoms with van der Waals surface area (Å²) in [6.45, 7) is 3.39. The zero-order valence-electron chi connectivity index (χ0n) is 3.26. The molecule has 0 heterocycles. The van der Waals surface area contributed by atoms with Crippen molar-refractivity contribution in [2.24, 2.45) is 0 Å². The number of hydrogen-bond acceptors (Lipinski definition) is 3. The highest BCUT2D eigenvalue weighted by Crippen LogP contribution is 1.95. The molecular formula is C3H6O2S. The Morgan fingerprint density at radius 1 is 2.00 bits per heavy atom. The molecule has 0 bridgehead atoms. The molecule has 0 amide bonds. The molecule has 0 aliphatic heterocycles. The standard InChI is InChI=1S/C3H6O2S/c1-2-3-6-5-4/h2,4H,1,3H2. The predicted molar refractivity (Wildman–Crippen MR) is 26.4 cm³/mol. The van der Waals surface area contributed by atoms with E-state index in [0.29, 0.717) is 5.75 Å². The third kappa shape index (κ3) is 4.01. The van der Waals surface area contributed by atoms with E-state index >= 15 is 0 Å². The third-order valence-corrected chi connectivity index (χ3v) is 0.716. The van der Waals surface area contributed by atoms with E-state index in [1.165, 1.54) is 0 Å². The maximum atomic E-state index is 7.61. The monoisotopic (exact) mass is 106 g/mol. The van der Waals surface area contributed by atoms with Crippen molar-refractivity contribution >= 4 is 12.0 Å². The Balaban J connectivity index is 2.49. The Bertz CT molecular complexity index is 37.8. The highest BCUT2D eigenvalue weighted by molar-refractivity contribution is 7.94. The van der Waals surface area contributed by atoms with E-state index in [4.69, 9.17) is 5.26 Å². The summed E-state index contributed by atoms with van der Waals surface area (Å²) in [5.74, 6) is 0.622. The van der Waals surface area contributed by atoms with Crippen LogP contribution in [-0.4, -0.2) is 11.0 Å². The van der Waals surface area contributed by atoms with Crippen LogP contribution in [0.4, 0.5) is 0 Å². The van der Waals surface area contributed by atoms with Crippen molar-refractivity contribution in [2.45, 2.75) is 0 Å². The van der Waals surface area contributed by atoms with Gasteiger partial charge in [0.15, 0.2) is 0 Å². The Kier molecular flexibility index (Phi) is 5.02. The fourth-order valence-electron chi connectivity index (χ4n) is 0.0785. The van der Waals surface area contributed by atoms with Crippen molar-refractivity contribution in [3.63, 3.8) is 0 Å². The Morgan fingerprint density at radius 3 is 2.83 bits per heavy atom. The Morgan fingerprint density at radius 2 is 2.67 bits per heavy atom. The third-order valence-electron chi connectivity index (χ3n) is 0.239. The quantitative estimate of drug-likeness (QED) is 0.193. The lowest BCUT2D eigenvalue weighted by atomic mass is 10.8. The molecule has 0 radical (unpaired) electrons. The molecule has 0 aliphatic carbocycles. The minimum atomic E-state index is 0.622. The van der Waals surface area contributed by atoms with Crippen LogP contribution in [0.5, 0.6) is 0 Å². The molecule has 0 unspecified atom stereocenters. The summed E-state index contributed by atoms with van der Waals surface area (Å²) in [5.41, 5.74) is 0. The zero-order valence-corrected chi connectivity index (χ0v) is 4.07. The van der Waals surface area contributed by atoms with Gasteiger partial charge in [0.25, 0.3) is 0 Å². The SMILES string of the molecule is C=CCSOO. The summed E-state index contributed by atoms with van der Waals surface area (Å²) < 4.78 is 3.63. The van der Waals surface area contributed by atoms with Crippen LogP contribution < -0.4 is 0 Å². The van der Waals surface area contributed by atoms with Gasteiger partial charge in [0.1, 0.15) is 0 Å². The van der Waals surface area contributed by atoms with Crippen molar-refractivity contribution < 1.29 is 9.59 Å². The summed E-state index contributed by atoms with van der Waals surface area (Å²) in [6.07, 6.45) is 1.64. The van der Waals surface area contributed by atoms with E-state index in [0.717, 1.165) is 12.0 Å². The lowest BCUT2D eigenvalue weighted by Crippen LogP contribution is -1.68. The van der Waals surface area contributed by atoms with Crippen molar-refractivity contribution in [3.05, 3.63) is 12.7 Å². The lowest BCUT2D eigenvalue weighted by Gasteiger charge is -1.81. The molecule has 1 N–H and O–H groups in total. The van der Waals surface area contributed by atoms with Crippen LogP contribution in [0.2, 0.25) is 0 Å². The van der Waals surface area contributed by atoms with Crippen molar-refractivity contribution in [1.82, 2.24) is 0 Å². The molecule has 0 aromatic heterocycles. The molecule has 0 saturated heterocycles. The normalized spacial score (nSPS) is 8.17. The maximum absolute atomic E-state index is 7.61. The van der Waals surface area contributed by atoms with E-state index < -0.39 is 0 Å². The molecular weight excluding hydrogens is 100 g/mol. The summed E-state index contributed by atoms with van der Waals surface area (Å²) in [7, 11) is 0. The second kappa shape index (κ2) is 5.01. The minimum Gasteiger partial charge on any atom is -0.239 e. The first-order valence-electron chi connectivity index (χ1n) is 1.45. The van der Waals surface area contributed by atoms with Gasteiger partial charge in [-0.3, -0.25) is 0 Å². The van der Waals surface area contributed by atoms with E-state index in [1.54, 1.807) is 6.08 Å². The number of hydrogen-bond donors (Lipinski definition) is 1. The molecule has 6 heavy (non-hydrogen) atoms. The van der Waals surface area contributed by atoms with Gasteiger partial charge in [0.2, 0.25) is 0 Å². The van der Waals surface area contributed by atoms with Gasteiger partial charge in [-0.2, -0.15) is 4.33 Å². The number of rotatable bonds is 3. The van der Waals surface area contributed by atoms with Gasteiger partial charge in [-0.25, -0.2) is 5.26 Å². The molecule has 0 aromatic rings. The van der Waals surface area contributed by atoms with Crippen molar-refractivity contribution in [3.8, 4) is 0 Å². The van der Waals surface area contributed by atoms with Gasteiger partial charge in [-0.15, -0.1) is 6.58 Å². The summed E-state index contributed by atoms with van der Waals surface area (Å²) in [6, 6.07) is 0. The smallest absolute Gasteiger partial charge is 0.0407 e. The molecule has 0 fully saturated rings. The summed E-state index contributed by atoms with van der Waals surface area (Å²) in [4.78, 5) is 0. The first-order chi connectivity index (χ1) is 2.91. The van der Waals surface area contributed by atoms with Crippen LogP contribution in [0.3, 0.4) is 0 Å². The van der Waals surface area contributed by atoms with Gasteiger partial charge in [0.05, 0.1) is 0 Å². The molecule has 0 aromatic carbocycles. The lowest BCUT2D eigenvalue weighted by molar-refractivity contribution is -0.116.